The van der Waals surface area contributed by atoms with Gasteiger partial charge in [-0.2, -0.15) is 5.10 Å². The van der Waals surface area contributed by atoms with Crippen molar-refractivity contribution >= 4 is 24.0 Å². The number of nitrogens with zero attached hydrogens (tertiary/aromatic N) is 2. The van der Waals surface area contributed by atoms with Crippen molar-refractivity contribution in [3.05, 3.63) is 46.8 Å². The summed E-state index contributed by atoms with van der Waals surface area (Å²) in [4.78, 5) is 12.6. The standard InChI is InChI=1S/C18H24N4O.ClH/c1-11(2)17-10-16(21-22(17)3)18(23)20-15-6-4-5-12-9-13(19)7-8-14(12)15;/h7-11,15H,4-6,19H2,1-3H3,(H,20,23);1H. The minimum Gasteiger partial charge on any atom is -0.399 e. The van der Waals surface area contributed by atoms with Gasteiger partial charge >= 0.3 is 0 Å². The van der Waals surface area contributed by atoms with Crippen molar-refractivity contribution in [3.8, 4) is 0 Å². The number of anilines is 1. The van der Waals surface area contributed by atoms with E-state index in [-0.39, 0.29) is 24.4 Å². The summed E-state index contributed by atoms with van der Waals surface area (Å²) in [6.07, 6.45) is 3.03. The van der Waals surface area contributed by atoms with E-state index in [1.54, 1.807) is 4.68 Å². The van der Waals surface area contributed by atoms with E-state index in [0.29, 0.717) is 11.6 Å². The number of rotatable bonds is 3. The van der Waals surface area contributed by atoms with Crippen LogP contribution in [0.4, 0.5) is 5.69 Å². The van der Waals surface area contributed by atoms with Crippen LogP contribution in [-0.4, -0.2) is 15.7 Å². The zero-order valence-corrected chi connectivity index (χ0v) is 15.2. The molecule has 0 fully saturated rings. The fourth-order valence-corrected chi connectivity index (χ4v) is 3.35. The topological polar surface area (TPSA) is 72.9 Å². The van der Waals surface area contributed by atoms with Crippen LogP contribution in [-0.2, 0) is 13.5 Å². The minimum atomic E-state index is -0.109. The van der Waals surface area contributed by atoms with Crippen LogP contribution in [0.2, 0.25) is 0 Å². The van der Waals surface area contributed by atoms with Crippen LogP contribution >= 0.6 is 12.4 Å². The van der Waals surface area contributed by atoms with Gasteiger partial charge in [-0.15, -0.1) is 12.4 Å². The molecule has 0 bridgehead atoms. The van der Waals surface area contributed by atoms with E-state index in [9.17, 15) is 4.79 Å². The van der Waals surface area contributed by atoms with Crippen molar-refractivity contribution in [2.45, 2.75) is 45.1 Å². The molecule has 1 aromatic carbocycles. The molecule has 1 atom stereocenters. The molecular formula is C18H25ClN4O. The lowest BCUT2D eigenvalue weighted by Crippen LogP contribution is -2.31. The summed E-state index contributed by atoms with van der Waals surface area (Å²) in [5.41, 5.74) is 10.6. The summed E-state index contributed by atoms with van der Waals surface area (Å²) in [6, 6.07) is 7.88. The molecule has 2 aromatic rings. The second-order valence-corrected chi connectivity index (χ2v) is 6.61. The van der Waals surface area contributed by atoms with Crippen LogP contribution in [0, 0.1) is 0 Å². The lowest BCUT2D eigenvalue weighted by Gasteiger charge is -2.26. The van der Waals surface area contributed by atoms with Crippen LogP contribution < -0.4 is 11.1 Å². The summed E-state index contributed by atoms with van der Waals surface area (Å²) in [5, 5.41) is 7.49. The maximum Gasteiger partial charge on any atom is 0.272 e. The van der Waals surface area contributed by atoms with E-state index in [1.807, 2.05) is 31.3 Å². The van der Waals surface area contributed by atoms with Gasteiger partial charge in [0, 0.05) is 18.4 Å². The number of carbonyl (C=O) groups excluding carboxylic acids is 1. The molecule has 0 spiro atoms. The number of hydrogen-bond acceptors (Lipinski definition) is 3. The van der Waals surface area contributed by atoms with Gasteiger partial charge in [-0.1, -0.05) is 19.9 Å². The molecule has 0 saturated heterocycles. The van der Waals surface area contributed by atoms with Gasteiger partial charge in [0.15, 0.2) is 0 Å². The molecule has 3 rings (SSSR count). The van der Waals surface area contributed by atoms with Gasteiger partial charge < -0.3 is 11.1 Å². The Morgan fingerprint density at radius 1 is 1.38 bits per heavy atom. The zero-order valence-electron chi connectivity index (χ0n) is 14.4. The first-order valence-electron chi connectivity index (χ1n) is 8.19. The molecule has 6 heteroatoms. The molecule has 1 aliphatic rings. The quantitative estimate of drug-likeness (QED) is 0.835. The predicted octanol–water partition coefficient (Wildman–Crippen LogP) is 3.35. The average molecular weight is 349 g/mol. The van der Waals surface area contributed by atoms with Crippen LogP contribution in [0.3, 0.4) is 0 Å². The third-order valence-corrected chi connectivity index (χ3v) is 4.53. The Morgan fingerprint density at radius 3 is 2.79 bits per heavy atom. The van der Waals surface area contributed by atoms with Crippen molar-refractivity contribution in [1.29, 1.82) is 0 Å². The molecule has 5 nitrogen and oxygen atoms in total. The van der Waals surface area contributed by atoms with Gasteiger partial charge in [-0.3, -0.25) is 9.48 Å². The monoisotopic (exact) mass is 348 g/mol. The van der Waals surface area contributed by atoms with Gasteiger partial charge in [-0.05, 0) is 54.5 Å². The second-order valence-electron chi connectivity index (χ2n) is 6.61. The first-order valence-corrected chi connectivity index (χ1v) is 8.19. The van der Waals surface area contributed by atoms with E-state index in [2.05, 4.69) is 24.3 Å². The average Bonchev–Trinajstić information content (AvgIpc) is 2.89. The van der Waals surface area contributed by atoms with Crippen molar-refractivity contribution in [2.75, 3.05) is 5.73 Å². The minimum absolute atomic E-state index is 0. The number of nitrogen functional groups attached to an aromatic ring is 1. The Hall–Kier alpha value is -2.01. The highest BCUT2D eigenvalue weighted by atomic mass is 35.5. The molecule has 0 aliphatic heterocycles. The smallest absolute Gasteiger partial charge is 0.272 e. The summed E-state index contributed by atoms with van der Waals surface area (Å²) >= 11 is 0. The van der Waals surface area contributed by atoms with Crippen LogP contribution in [0.25, 0.3) is 0 Å². The molecule has 0 saturated carbocycles. The number of fused-ring (bicyclic) bond motifs is 1. The van der Waals surface area contributed by atoms with E-state index >= 15 is 0 Å². The van der Waals surface area contributed by atoms with E-state index in [1.165, 1.54) is 11.1 Å². The number of aromatic nitrogens is 2. The molecular weight excluding hydrogens is 324 g/mol. The zero-order chi connectivity index (χ0) is 16.6. The number of nitrogens with one attached hydrogen (secondary N) is 1. The largest absolute Gasteiger partial charge is 0.399 e. The van der Waals surface area contributed by atoms with E-state index in [4.69, 9.17) is 5.73 Å². The van der Waals surface area contributed by atoms with Crippen LogP contribution in [0.15, 0.2) is 24.3 Å². The first kappa shape index (κ1) is 18.3. The van der Waals surface area contributed by atoms with Gasteiger partial charge in [0.2, 0.25) is 0 Å². The number of aryl methyl sites for hydroxylation is 2. The van der Waals surface area contributed by atoms with Gasteiger partial charge in [0.1, 0.15) is 5.69 Å². The normalized spacial score (nSPS) is 16.4. The summed E-state index contributed by atoms with van der Waals surface area (Å²) in [6.45, 7) is 4.20. The predicted molar refractivity (Wildman–Crippen MR) is 98.5 cm³/mol. The highest BCUT2D eigenvalue weighted by molar-refractivity contribution is 5.92. The number of amides is 1. The molecule has 3 N–H and O–H groups in total. The Labute approximate surface area is 149 Å². The van der Waals surface area contributed by atoms with E-state index in [0.717, 1.165) is 30.6 Å². The molecule has 24 heavy (non-hydrogen) atoms. The Bertz CT molecular complexity index is 739. The van der Waals surface area contributed by atoms with Crippen LogP contribution in [0.1, 0.15) is 66.0 Å². The molecule has 1 aliphatic carbocycles. The van der Waals surface area contributed by atoms with E-state index < -0.39 is 0 Å². The molecule has 1 heterocycles. The molecule has 1 amide bonds. The molecule has 1 unspecified atom stereocenters. The SMILES string of the molecule is CC(C)c1cc(C(=O)NC2CCCc3cc(N)ccc32)nn1C.Cl. The number of carbonyl (C=O) groups is 1. The Balaban J connectivity index is 0.00000208. The lowest BCUT2D eigenvalue weighted by molar-refractivity contribution is 0.0927. The van der Waals surface area contributed by atoms with Crippen molar-refractivity contribution in [1.82, 2.24) is 15.1 Å². The highest BCUT2D eigenvalue weighted by Gasteiger charge is 2.24. The second kappa shape index (κ2) is 7.26. The maximum absolute atomic E-state index is 12.6. The van der Waals surface area contributed by atoms with Crippen molar-refractivity contribution < 1.29 is 4.79 Å². The number of nitrogens with two attached hydrogens (primary N) is 1. The number of halogens is 1. The third-order valence-electron chi connectivity index (χ3n) is 4.53. The third kappa shape index (κ3) is 3.56. The summed E-state index contributed by atoms with van der Waals surface area (Å²) < 4.78 is 1.79. The highest BCUT2D eigenvalue weighted by Crippen LogP contribution is 2.31. The van der Waals surface area contributed by atoms with Gasteiger partial charge in [-0.25, -0.2) is 0 Å². The van der Waals surface area contributed by atoms with Gasteiger partial charge in [0.25, 0.3) is 5.91 Å². The van der Waals surface area contributed by atoms with Gasteiger partial charge in [0.05, 0.1) is 6.04 Å². The summed E-state index contributed by atoms with van der Waals surface area (Å²) in [7, 11) is 1.88. The Morgan fingerprint density at radius 2 is 2.12 bits per heavy atom. The molecule has 0 radical (unpaired) electrons. The fraction of sp³-hybridized carbons (Fsp3) is 0.444. The maximum atomic E-state index is 12.6. The summed E-state index contributed by atoms with van der Waals surface area (Å²) in [5.74, 6) is 0.231. The molecule has 1 aromatic heterocycles. The fourth-order valence-electron chi connectivity index (χ4n) is 3.35. The number of benzene rings is 1. The van der Waals surface area contributed by atoms with Crippen molar-refractivity contribution in [3.63, 3.8) is 0 Å². The number of hydrogen-bond donors (Lipinski definition) is 2. The van der Waals surface area contributed by atoms with Crippen LogP contribution in [0.5, 0.6) is 0 Å². The van der Waals surface area contributed by atoms with Crippen molar-refractivity contribution in [2.24, 2.45) is 7.05 Å². The molecule has 130 valence electrons. The lowest BCUT2D eigenvalue weighted by atomic mass is 9.87. The first-order chi connectivity index (χ1) is 11.0. The Kier molecular flexibility index (Phi) is 5.54.